The van der Waals surface area contributed by atoms with Gasteiger partial charge in [-0.25, -0.2) is 0 Å². The van der Waals surface area contributed by atoms with Gasteiger partial charge in [-0.1, -0.05) is 29.3 Å². The lowest BCUT2D eigenvalue weighted by Gasteiger charge is -2.08. The average Bonchev–Trinajstić information content (AvgIpc) is 3.09. The lowest BCUT2D eigenvalue weighted by Crippen LogP contribution is -2.33. The highest BCUT2D eigenvalue weighted by molar-refractivity contribution is 7.09. The van der Waals surface area contributed by atoms with Crippen LogP contribution < -0.4 is 10.6 Å². The summed E-state index contributed by atoms with van der Waals surface area (Å²) < 4.78 is 4.79. The van der Waals surface area contributed by atoms with Crippen molar-refractivity contribution < 1.29 is 19.1 Å². The molecule has 6 nitrogen and oxygen atoms in total. The van der Waals surface area contributed by atoms with Crippen LogP contribution in [0, 0.1) is 0 Å². The van der Waals surface area contributed by atoms with Crippen molar-refractivity contribution in [3.63, 3.8) is 0 Å². The van der Waals surface area contributed by atoms with Crippen LogP contribution in [0.3, 0.4) is 0 Å². The fraction of sp³-hybridized carbons (Fsp3) is 0.188. The first-order chi connectivity index (χ1) is 12.0. The number of halogens is 2. The van der Waals surface area contributed by atoms with Gasteiger partial charge in [0.2, 0.25) is 0 Å². The van der Waals surface area contributed by atoms with E-state index >= 15 is 0 Å². The number of amides is 2. The second-order valence-corrected chi connectivity index (χ2v) is 6.70. The van der Waals surface area contributed by atoms with Gasteiger partial charge in [-0.3, -0.25) is 14.4 Å². The van der Waals surface area contributed by atoms with Crippen molar-refractivity contribution in [3.05, 3.63) is 56.2 Å². The SMILES string of the molecule is O=C(COC(=O)CNC(=O)c1ccc(Cl)cc1Cl)NCc1cccs1. The Balaban J connectivity index is 1.69. The number of rotatable bonds is 7. The van der Waals surface area contributed by atoms with Crippen molar-refractivity contribution in [2.24, 2.45) is 0 Å². The van der Waals surface area contributed by atoms with Crippen LogP contribution in [-0.4, -0.2) is 30.9 Å². The summed E-state index contributed by atoms with van der Waals surface area (Å²) in [4.78, 5) is 36.1. The number of benzene rings is 1. The molecule has 1 aromatic carbocycles. The van der Waals surface area contributed by atoms with E-state index in [9.17, 15) is 14.4 Å². The van der Waals surface area contributed by atoms with E-state index in [-0.39, 0.29) is 17.1 Å². The summed E-state index contributed by atoms with van der Waals surface area (Å²) in [5.41, 5.74) is 0.188. The van der Waals surface area contributed by atoms with Crippen molar-refractivity contribution in [2.75, 3.05) is 13.2 Å². The predicted molar refractivity (Wildman–Crippen MR) is 95.9 cm³/mol. The van der Waals surface area contributed by atoms with Gasteiger partial charge in [0.05, 0.1) is 17.1 Å². The van der Waals surface area contributed by atoms with Crippen molar-refractivity contribution in [3.8, 4) is 0 Å². The standard InChI is InChI=1S/C16H14Cl2N2O4S/c17-10-3-4-12(13(18)6-10)16(23)20-8-15(22)24-9-14(21)19-7-11-2-1-5-25-11/h1-6H,7-9H2,(H,19,21)(H,20,23). The number of thiophene rings is 1. The van der Waals surface area contributed by atoms with Gasteiger partial charge in [0.25, 0.3) is 11.8 Å². The maximum atomic E-state index is 11.9. The van der Waals surface area contributed by atoms with Gasteiger partial charge >= 0.3 is 5.97 Å². The largest absolute Gasteiger partial charge is 0.454 e. The minimum Gasteiger partial charge on any atom is -0.454 e. The first-order valence-electron chi connectivity index (χ1n) is 7.13. The molecule has 0 unspecified atom stereocenters. The molecule has 0 radical (unpaired) electrons. The monoisotopic (exact) mass is 400 g/mol. The average molecular weight is 401 g/mol. The Hall–Kier alpha value is -2.09. The quantitative estimate of drug-likeness (QED) is 0.699. The Kier molecular flexibility index (Phi) is 7.24. The number of esters is 1. The molecule has 0 aliphatic carbocycles. The molecule has 0 fully saturated rings. The minimum absolute atomic E-state index is 0.173. The molecule has 1 aromatic heterocycles. The summed E-state index contributed by atoms with van der Waals surface area (Å²) >= 11 is 13.2. The second kappa shape index (κ2) is 9.41. The molecule has 2 N–H and O–H groups in total. The van der Waals surface area contributed by atoms with Crippen LogP contribution in [0.25, 0.3) is 0 Å². The van der Waals surface area contributed by atoms with E-state index < -0.39 is 24.4 Å². The van der Waals surface area contributed by atoms with E-state index in [1.54, 1.807) is 0 Å². The lowest BCUT2D eigenvalue weighted by molar-refractivity contribution is -0.147. The molecular weight excluding hydrogens is 387 g/mol. The number of carbonyl (C=O) groups is 3. The number of carbonyl (C=O) groups excluding carboxylic acids is 3. The molecule has 2 amide bonds. The molecule has 0 aliphatic heterocycles. The Morgan fingerprint density at radius 2 is 1.92 bits per heavy atom. The van der Waals surface area contributed by atoms with Crippen molar-refractivity contribution >= 4 is 52.3 Å². The Morgan fingerprint density at radius 1 is 1.12 bits per heavy atom. The predicted octanol–water partition coefficient (Wildman–Crippen LogP) is 2.64. The zero-order chi connectivity index (χ0) is 18.2. The summed E-state index contributed by atoms with van der Waals surface area (Å²) in [5, 5.41) is 7.46. The van der Waals surface area contributed by atoms with Crippen molar-refractivity contribution in [1.82, 2.24) is 10.6 Å². The summed E-state index contributed by atoms with van der Waals surface area (Å²) in [5.74, 6) is -1.70. The fourth-order valence-corrected chi connectivity index (χ4v) is 2.91. The molecular formula is C16H14Cl2N2O4S. The van der Waals surface area contributed by atoms with E-state index in [0.717, 1.165) is 4.88 Å². The van der Waals surface area contributed by atoms with Crippen LogP contribution >= 0.6 is 34.5 Å². The van der Waals surface area contributed by atoms with Gasteiger partial charge in [0.15, 0.2) is 6.61 Å². The molecule has 0 bridgehead atoms. The molecule has 9 heteroatoms. The van der Waals surface area contributed by atoms with Crippen LogP contribution in [0.5, 0.6) is 0 Å². The highest BCUT2D eigenvalue weighted by Crippen LogP contribution is 2.20. The van der Waals surface area contributed by atoms with Gasteiger partial charge in [-0.15, -0.1) is 11.3 Å². The van der Waals surface area contributed by atoms with Crippen LogP contribution in [0.15, 0.2) is 35.7 Å². The van der Waals surface area contributed by atoms with Crippen LogP contribution in [0.1, 0.15) is 15.2 Å². The third-order valence-electron chi connectivity index (χ3n) is 2.97. The normalized spacial score (nSPS) is 10.2. The number of hydrogen-bond donors (Lipinski definition) is 2. The first-order valence-corrected chi connectivity index (χ1v) is 8.77. The van der Waals surface area contributed by atoms with E-state index in [2.05, 4.69) is 10.6 Å². The zero-order valence-corrected chi connectivity index (χ0v) is 15.2. The zero-order valence-electron chi connectivity index (χ0n) is 12.9. The minimum atomic E-state index is -0.732. The molecule has 1 heterocycles. The van der Waals surface area contributed by atoms with Gasteiger partial charge in [0.1, 0.15) is 6.54 Å². The summed E-state index contributed by atoms with van der Waals surface area (Å²) in [7, 11) is 0. The maximum Gasteiger partial charge on any atom is 0.325 e. The number of hydrogen-bond acceptors (Lipinski definition) is 5. The number of nitrogens with one attached hydrogen (secondary N) is 2. The van der Waals surface area contributed by atoms with Crippen molar-refractivity contribution in [1.29, 1.82) is 0 Å². The van der Waals surface area contributed by atoms with Crippen LogP contribution in [-0.2, 0) is 20.9 Å². The van der Waals surface area contributed by atoms with Crippen molar-refractivity contribution in [2.45, 2.75) is 6.54 Å². The smallest absolute Gasteiger partial charge is 0.325 e. The Bertz CT molecular complexity index is 766. The van der Waals surface area contributed by atoms with Gasteiger partial charge in [-0.05, 0) is 29.6 Å². The summed E-state index contributed by atoms with van der Waals surface area (Å²) in [6, 6.07) is 8.15. The second-order valence-electron chi connectivity index (χ2n) is 4.82. The van der Waals surface area contributed by atoms with Crippen LogP contribution in [0.2, 0.25) is 10.0 Å². The van der Waals surface area contributed by atoms with E-state index in [4.69, 9.17) is 27.9 Å². The Morgan fingerprint density at radius 3 is 2.60 bits per heavy atom. The van der Waals surface area contributed by atoms with Gasteiger partial charge in [-0.2, -0.15) is 0 Å². The van der Waals surface area contributed by atoms with Gasteiger partial charge in [0, 0.05) is 9.90 Å². The topological polar surface area (TPSA) is 84.5 Å². The summed E-state index contributed by atoms with van der Waals surface area (Å²) in [6.07, 6.45) is 0. The highest BCUT2D eigenvalue weighted by atomic mass is 35.5. The molecule has 132 valence electrons. The molecule has 2 rings (SSSR count). The lowest BCUT2D eigenvalue weighted by atomic mass is 10.2. The van der Waals surface area contributed by atoms with Crippen LogP contribution in [0.4, 0.5) is 0 Å². The van der Waals surface area contributed by atoms with Gasteiger partial charge < -0.3 is 15.4 Å². The number of ether oxygens (including phenoxy) is 1. The molecule has 0 saturated heterocycles. The van der Waals surface area contributed by atoms with E-state index in [1.807, 2.05) is 17.5 Å². The fourth-order valence-electron chi connectivity index (χ4n) is 1.77. The molecule has 2 aromatic rings. The van der Waals surface area contributed by atoms with E-state index in [1.165, 1.54) is 29.5 Å². The molecule has 0 aliphatic rings. The molecule has 0 saturated carbocycles. The molecule has 0 atom stereocenters. The highest BCUT2D eigenvalue weighted by Gasteiger charge is 2.13. The molecule has 0 spiro atoms. The third kappa shape index (κ3) is 6.38. The first kappa shape index (κ1) is 19.2. The van der Waals surface area contributed by atoms with E-state index in [0.29, 0.717) is 11.6 Å². The third-order valence-corrected chi connectivity index (χ3v) is 4.40. The Labute approximate surface area is 158 Å². The maximum absolute atomic E-state index is 11.9. The molecule has 25 heavy (non-hydrogen) atoms. The summed E-state index contributed by atoms with van der Waals surface area (Å²) in [6.45, 7) is -0.419.